The van der Waals surface area contributed by atoms with Crippen LogP contribution in [0.25, 0.3) is 5.57 Å². The number of benzene rings is 1. The number of aldehydes is 1. The maximum absolute atomic E-state index is 13.8. The first kappa shape index (κ1) is 24.5. The summed E-state index contributed by atoms with van der Waals surface area (Å²) in [6.07, 6.45) is 8.21. The number of hydrogen-bond acceptors (Lipinski definition) is 2. The van der Waals surface area contributed by atoms with Crippen LogP contribution in [-0.2, 0) is 9.59 Å². The van der Waals surface area contributed by atoms with Gasteiger partial charge in [-0.25, -0.2) is 4.39 Å². The Balaban J connectivity index is 3.55. The Morgan fingerprint density at radius 1 is 1.17 bits per heavy atom. The summed E-state index contributed by atoms with van der Waals surface area (Å²) in [6, 6.07) is 4.93. The van der Waals surface area contributed by atoms with Gasteiger partial charge in [0, 0.05) is 11.8 Å². The number of rotatable bonds is 10. The van der Waals surface area contributed by atoms with E-state index in [2.05, 4.69) is 13.0 Å². The van der Waals surface area contributed by atoms with Gasteiger partial charge in [0.15, 0.2) is 0 Å². The summed E-state index contributed by atoms with van der Waals surface area (Å²) in [5.41, 5.74) is 4.59. The van der Waals surface area contributed by atoms with Gasteiger partial charge in [0.25, 0.3) is 5.91 Å². The van der Waals surface area contributed by atoms with Crippen molar-refractivity contribution in [2.24, 2.45) is 0 Å². The van der Waals surface area contributed by atoms with Gasteiger partial charge in [-0.05, 0) is 69.4 Å². The van der Waals surface area contributed by atoms with Gasteiger partial charge in [-0.3, -0.25) is 4.79 Å². The van der Waals surface area contributed by atoms with E-state index >= 15 is 0 Å². The molecule has 0 saturated carbocycles. The summed E-state index contributed by atoms with van der Waals surface area (Å²) in [6.45, 7) is 11.6. The third-order valence-corrected chi connectivity index (χ3v) is 4.82. The second kappa shape index (κ2) is 12.2. The number of amides is 1. The Kier molecular flexibility index (Phi) is 10.3. The molecular weight excluding hydrogens is 365 g/mol. The van der Waals surface area contributed by atoms with Crippen LogP contribution in [0.3, 0.4) is 0 Å². The van der Waals surface area contributed by atoms with Crippen molar-refractivity contribution in [1.29, 1.82) is 0 Å². The molecule has 1 aromatic rings. The zero-order chi connectivity index (χ0) is 22.0. The Hall–Kier alpha value is -2.49. The Bertz CT molecular complexity index is 814. The summed E-state index contributed by atoms with van der Waals surface area (Å²) < 4.78 is 13.8. The van der Waals surface area contributed by atoms with Crippen molar-refractivity contribution in [2.45, 2.75) is 67.2 Å². The molecule has 0 aliphatic carbocycles. The van der Waals surface area contributed by atoms with E-state index in [9.17, 15) is 14.0 Å². The van der Waals surface area contributed by atoms with Crippen LogP contribution in [0.2, 0.25) is 0 Å². The molecule has 1 amide bonds. The molecule has 4 heteroatoms. The monoisotopic (exact) mass is 399 g/mol. The Labute approximate surface area is 175 Å². The van der Waals surface area contributed by atoms with Crippen molar-refractivity contribution in [3.63, 3.8) is 0 Å². The van der Waals surface area contributed by atoms with Gasteiger partial charge >= 0.3 is 0 Å². The van der Waals surface area contributed by atoms with Gasteiger partial charge < -0.3 is 9.69 Å². The van der Waals surface area contributed by atoms with Crippen LogP contribution < -0.4 is 0 Å². The molecular formula is C25H34FNO2. The van der Waals surface area contributed by atoms with Crippen molar-refractivity contribution in [3.8, 4) is 0 Å². The van der Waals surface area contributed by atoms with Crippen molar-refractivity contribution in [2.75, 3.05) is 6.54 Å². The van der Waals surface area contributed by atoms with Crippen molar-refractivity contribution >= 4 is 17.8 Å². The van der Waals surface area contributed by atoms with Gasteiger partial charge in [-0.1, -0.05) is 50.0 Å². The normalized spacial score (nSPS) is 12.0. The number of carbonyl (C=O) groups is 2. The molecule has 3 nitrogen and oxygen atoms in total. The molecule has 0 radical (unpaired) electrons. The predicted octanol–water partition coefficient (Wildman–Crippen LogP) is 6.39. The first-order valence-corrected chi connectivity index (χ1v) is 10.3. The molecule has 0 atom stereocenters. The first-order chi connectivity index (χ1) is 13.8. The van der Waals surface area contributed by atoms with Crippen molar-refractivity contribution in [1.82, 2.24) is 4.90 Å². The van der Waals surface area contributed by atoms with E-state index in [4.69, 9.17) is 0 Å². The summed E-state index contributed by atoms with van der Waals surface area (Å²) in [5, 5.41) is 0. The highest BCUT2D eigenvalue weighted by Gasteiger charge is 2.23. The number of nitrogens with zero attached hydrogens (tertiary/aromatic N) is 1. The van der Waals surface area contributed by atoms with Crippen LogP contribution in [-0.4, -0.2) is 23.6 Å². The van der Waals surface area contributed by atoms with E-state index in [-0.39, 0.29) is 18.3 Å². The molecule has 0 bridgehead atoms. The molecule has 0 heterocycles. The summed E-state index contributed by atoms with van der Waals surface area (Å²) in [4.78, 5) is 26.2. The average molecular weight is 400 g/mol. The number of allylic oxidation sites excluding steroid dienone is 3. The summed E-state index contributed by atoms with van der Waals surface area (Å²) in [5.74, 6) is -0.481. The number of unbranched alkanes of at least 4 members (excludes halogenated alkanes) is 2. The van der Waals surface area contributed by atoms with Gasteiger partial charge in [0.2, 0.25) is 0 Å². The molecule has 0 aliphatic rings. The van der Waals surface area contributed by atoms with Crippen LogP contribution in [0.15, 0.2) is 47.2 Å². The fraction of sp³-hybridized carbons (Fsp3) is 0.440. The highest BCUT2D eigenvalue weighted by atomic mass is 19.1. The van der Waals surface area contributed by atoms with Crippen LogP contribution in [0.5, 0.6) is 0 Å². The van der Waals surface area contributed by atoms with E-state index in [1.54, 1.807) is 25.3 Å². The fourth-order valence-electron chi connectivity index (χ4n) is 3.00. The van der Waals surface area contributed by atoms with Gasteiger partial charge in [-0.2, -0.15) is 0 Å². The zero-order valence-electron chi connectivity index (χ0n) is 18.6. The average Bonchev–Trinajstić information content (AvgIpc) is 2.68. The number of carbonyl (C=O) groups excluding carboxylic acids is 2. The lowest BCUT2D eigenvalue weighted by Crippen LogP contribution is -2.30. The summed E-state index contributed by atoms with van der Waals surface area (Å²) >= 11 is 0. The van der Waals surface area contributed by atoms with E-state index < -0.39 is 0 Å². The first-order valence-electron chi connectivity index (χ1n) is 10.3. The maximum atomic E-state index is 13.8. The van der Waals surface area contributed by atoms with Gasteiger partial charge in [-0.15, -0.1) is 0 Å². The second-order valence-corrected chi connectivity index (χ2v) is 7.55. The van der Waals surface area contributed by atoms with Crippen LogP contribution in [0, 0.1) is 12.7 Å². The van der Waals surface area contributed by atoms with Crippen LogP contribution >= 0.6 is 0 Å². The molecule has 0 unspecified atom stereocenters. The van der Waals surface area contributed by atoms with Gasteiger partial charge in [0.05, 0.1) is 6.54 Å². The molecule has 0 aliphatic heterocycles. The SMILES string of the molecule is CCCC/C=C(\C(C(=O)N(/C=C(/C)CC)CC=O)=C(C)C)c1ccc(F)c(C)c1. The number of aryl methyl sites for hydroxylation is 1. The molecule has 0 N–H and O–H groups in total. The fourth-order valence-corrected chi connectivity index (χ4v) is 3.00. The second-order valence-electron chi connectivity index (χ2n) is 7.55. The molecule has 29 heavy (non-hydrogen) atoms. The van der Waals surface area contributed by atoms with Crippen molar-refractivity contribution in [3.05, 3.63) is 64.1 Å². The molecule has 0 saturated heterocycles. The number of halogens is 1. The van der Waals surface area contributed by atoms with Gasteiger partial charge in [0.1, 0.15) is 12.1 Å². The zero-order valence-corrected chi connectivity index (χ0v) is 18.6. The third-order valence-electron chi connectivity index (χ3n) is 4.82. The van der Waals surface area contributed by atoms with E-state index in [1.807, 2.05) is 27.7 Å². The summed E-state index contributed by atoms with van der Waals surface area (Å²) in [7, 11) is 0. The van der Waals surface area contributed by atoms with E-state index in [0.29, 0.717) is 11.1 Å². The quantitative estimate of drug-likeness (QED) is 0.198. The lowest BCUT2D eigenvalue weighted by Gasteiger charge is -2.22. The molecule has 1 aromatic carbocycles. The van der Waals surface area contributed by atoms with E-state index in [1.165, 1.54) is 11.0 Å². The largest absolute Gasteiger partial charge is 0.308 e. The Morgan fingerprint density at radius 3 is 2.38 bits per heavy atom. The van der Waals surface area contributed by atoms with Crippen LogP contribution in [0.1, 0.15) is 71.4 Å². The van der Waals surface area contributed by atoms with Crippen molar-refractivity contribution < 1.29 is 14.0 Å². The minimum absolute atomic E-state index is 0.00234. The van der Waals surface area contributed by atoms with Crippen LogP contribution in [0.4, 0.5) is 4.39 Å². The highest BCUT2D eigenvalue weighted by Crippen LogP contribution is 2.30. The molecule has 158 valence electrons. The smallest absolute Gasteiger partial charge is 0.258 e. The maximum Gasteiger partial charge on any atom is 0.258 e. The minimum Gasteiger partial charge on any atom is -0.308 e. The molecule has 1 rings (SSSR count). The Morgan fingerprint density at radius 2 is 1.86 bits per heavy atom. The topological polar surface area (TPSA) is 37.4 Å². The standard InChI is InChI=1S/C25H34FNO2/c1-7-9-10-11-22(21-12-13-23(26)20(6)16-21)24(18(3)4)25(29)27(14-15-28)17-19(5)8-2/h11-13,15-17H,7-10,14H2,1-6H3/b19-17-,22-11-. The highest BCUT2D eigenvalue weighted by molar-refractivity contribution is 6.10. The molecule has 0 fully saturated rings. The lowest BCUT2D eigenvalue weighted by molar-refractivity contribution is -0.126. The third kappa shape index (κ3) is 7.12. The minimum atomic E-state index is -0.268. The van der Waals surface area contributed by atoms with E-state index in [0.717, 1.165) is 54.3 Å². The lowest BCUT2D eigenvalue weighted by atomic mass is 9.91. The molecule has 0 spiro atoms. The predicted molar refractivity (Wildman–Crippen MR) is 119 cm³/mol. The molecule has 0 aromatic heterocycles. The number of hydrogen-bond donors (Lipinski definition) is 0.